The van der Waals surface area contributed by atoms with Crippen molar-refractivity contribution in [2.75, 3.05) is 84.0 Å². The molecule has 0 unspecified atom stereocenters. The third kappa shape index (κ3) is 9.26. The zero-order valence-corrected chi connectivity index (χ0v) is 25.0. The van der Waals surface area contributed by atoms with Crippen LogP contribution in [0.15, 0.2) is 42.5 Å². The molecule has 3 saturated heterocycles. The molecule has 0 aromatic heterocycles. The summed E-state index contributed by atoms with van der Waals surface area (Å²) in [5, 5.41) is 9.71. The van der Waals surface area contributed by atoms with Crippen LogP contribution in [0.5, 0.6) is 0 Å². The fraction of sp³-hybridized carbons (Fsp3) is 0.576. The molecule has 3 heterocycles. The van der Waals surface area contributed by atoms with Crippen LogP contribution < -0.4 is 16.0 Å². The Morgan fingerprint density at radius 3 is 1.79 bits per heavy atom. The number of rotatable bonds is 12. The molecule has 0 spiro atoms. The lowest BCUT2D eigenvalue weighted by molar-refractivity contribution is 0.0343. The van der Waals surface area contributed by atoms with Crippen molar-refractivity contribution in [3.63, 3.8) is 0 Å². The zero-order chi connectivity index (χ0) is 29.0. The van der Waals surface area contributed by atoms with Gasteiger partial charge in [-0.15, -0.1) is 0 Å². The number of carbonyl (C=O) groups excluding carboxylic acids is 2. The molecule has 42 heavy (non-hydrogen) atoms. The minimum atomic E-state index is -0.153. The molecule has 5 rings (SSSR count). The zero-order valence-electron chi connectivity index (χ0n) is 25.0. The van der Waals surface area contributed by atoms with Gasteiger partial charge in [0, 0.05) is 68.3 Å². The van der Waals surface area contributed by atoms with E-state index in [4.69, 9.17) is 4.74 Å². The van der Waals surface area contributed by atoms with Crippen molar-refractivity contribution in [1.29, 1.82) is 0 Å². The molecule has 0 atom stereocenters. The van der Waals surface area contributed by atoms with Gasteiger partial charge >= 0.3 is 0 Å². The van der Waals surface area contributed by atoms with Gasteiger partial charge in [-0.05, 0) is 81.7 Å². The average molecular weight is 577 g/mol. The van der Waals surface area contributed by atoms with Gasteiger partial charge in [0.2, 0.25) is 0 Å². The first-order chi connectivity index (χ1) is 20.6. The summed E-state index contributed by atoms with van der Waals surface area (Å²) in [6.45, 7) is 11.4. The third-order valence-corrected chi connectivity index (χ3v) is 8.58. The van der Waals surface area contributed by atoms with Crippen molar-refractivity contribution < 1.29 is 14.3 Å². The molecule has 3 fully saturated rings. The van der Waals surface area contributed by atoms with Crippen molar-refractivity contribution in [2.24, 2.45) is 0 Å². The van der Waals surface area contributed by atoms with Gasteiger partial charge in [-0.25, -0.2) is 0 Å². The molecule has 0 saturated carbocycles. The van der Waals surface area contributed by atoms with Gasteiger partial charge in [0.1, 0.15) is 0 Å². The number of hydrogen-bond acceptors (Lipinski definition) is 7. The van der Waals surface area contributed by atoms with Crippen molar-refractivity contribution in [1.82, 2.24) is 25.3 Å². The lowest BCUT2D eigenvalue weighted by Gasteiger charge is -2.27. The minimum absolute atomic E-state index is 0.153. The first-order valence-electron chi connectivity index (χ1n) is 16.0. The summed E-state index contributed by atoms with van der Waals surface area (Å²) in [5.74, 6) is -0.306. The number of nitrogens with zero attached hydrogens (tertiary/aromatic N) is 3. The number of carbonyl (C=O) groups is 2. The molecule has 9 nitrogen and oxygen atoms in total. The van der Waals surface area contributed by atoms with E-state index < -0.39 is 0 Å². The Labute approximate surface area is 251 Å². The molecular weight excluding hydrogens is 528 g/mol. The standard InChI is InChI=1S/C33H48N6O3/c40-32(34-11-17-37-13-5-1-6-14-37)28-23-29(33(41)35-12-18-38-15-7-2-8-16-38)25-30(24-28)36-31-10-4-3-9-27(31)26-39-19-21-42-22-20-39/h3-4,9-10,23-25,36H,1-2,5-8,11-22,26H2,(H,34,40)(H,35,41). The van der Waals surface area contributed by atoms with Crippen molar-refractivity contribution >= 4 is 23.2 Å². The van der Waals surface area contributed by atoms with E-state index in [1.54, 1.807) is 6.07 Å². The maximum Gasteiger partial charge on any atom is 0.251 e. The second kappa shape index (κ2) is 16.0. The van der Waals surface area contributed by atoms with Gasteiger partial charge in [-0.1, -0.05) is 31.0 Å². The number of nitrogens with one attached hydrogen (secondary N) is 3. The van der Waals surface area contributed by atoms with Crippen molar-refractivity contribution in [3.8, 4) is 0 Å². The van der Waals surface area contributed by atoms with E-state index in [2.05, 4.69) is 42.8 Å². The maximum absolute atomic E-state index is 13.3. The van der Waals surface area contributed by atoms with E-state index in [0.717, 1.165) is 83.5 Å². The van der Waals surface area contributed by atoms with Crippen LogP contribution in [0, 0.1) is 0 Å². The number of likely N-dealkylation sites (tertiary alicyclic amines) is 2. The SMILES string of the molecule is O=C(NCCN1CCCCC1)c1cc(Nc2ccccc2CN2CCOCC2)cc(C(=O)NCCN2CCCCC2)c1. The highest BCUT2D eigenvalue weighted by molar-refractivity contribution is 6.01. The number of benzene rings is 2. The number of piperidine rings is 2. The number of ether oxygens (including phenoxy) is 1. The Kier molecular flexibility index (Phi) is 11.6. The maximum atomic E-state index is 13.3. The van der Waals surface area contributed by atoms with E-state index >= 15 is 0 Å². The molecule has 0 bridgehead atoms. The molecule has 0 radical (unpaired) electrons. The molecule has 0 aliphatic carbocycles. The Hall–Kier alpha value is -2.98. The normalized spacial score (nSPS) is 18.9. The Bertz CT molecular complexity index is 1100. The van der Waals surface area contributed by atoms with Crippen LogP contribution in [0.25, 0.3) is 0 Å². The van der Waals surface area contributed by atoms with Crippen LogP contribution in [0.4, 0.5) is 11.4 Å². The number of para-hydroxylation sites is 1. The molecule has 228 valence electrons. The Morgan fingerprint density at radius 2 is 1.21 bits per heavy atom. The number of hydrogen-bond donors (Lipinski definition) is 3. The largest absolute Gasteiger partial charge is 0.379 e. The van der Waals surface area contributed by atoms with Gasteiger partial charge in [0.25, 0.3) is 11.8 Å². The summed E-state index contributed by atoms with van der Waals surface area (Å²) in [7, 11) is 0. The fourth-order valence-corrected chi connectivity index (χ4v) is 6.12. The van der Waals surface area contributed by atoms with Crippen LogP contribution in [0.2, 0.25) is 0 Å². The van der Waals surface area contributed by atoms with Crippen LogP contribution in [-0.4, -0.2) is 105 Å². The van der Waals surface area contributed by atoms with Gasteiger partial charge in [-0.3, -0.25) is 14.5 Å². The Morgan fingerprint density at radius 1 is 0.667 bits per heavy atom. The topological polar surface area (TPSA) is 89.2 Å². The molecule has 3 aliphatic rings. The summed E-state index contributed by atoms with van der Waals surface area (Å²) in [4.78, 5) is 33.8. The average Bonchev–Trinajstić information content (AvgIpc) is 3.03. The van der Waals surface area contributed by atoms with Crippen molar-refractivity contribution in [3.05, 3.63) is 59.2 Å². The molecule has 9 heteroatoms. The van der Waals surface area contributed by atoms with Crippen LogP contribution in [0.3, 0.4) is 0 Å². The molecule has 2 amide bonds. The fourth-order valence-electron chi connectivity index (χ4n) is 6.12. The lowest BCUT2D eigenvalue weighted by atomic mass is 10.1. The van der Waals surface area contributed by atoms with E-state index in [1.807, 2.05) is 24.3 Å². The predicted octanol–water partition coefficient (Wildman–Crippen LogP) is 3.69. The molecule has 3 aliphatic heterocycles. The first-order valence-corrected chi connectivity index (χ1v) is 16.0. The summed E-state index contributed by atoms with van der Waals surface area (Å²) >= 11 is 0. The Balaban J connectivity index is 1.28. The first kappa shape index (κ1) is 30.5. The minimum Gasteiger partial charge on any atom is -0.379 e. The van der Waals surface area contributed by atoms with Gasteiger partial charge < -0.3 is 30.5 Å². The summed E-state index contributed by atoms with van der Waals surface area (Å²) < 4.78 is 5.52. The molecule has 3 N–H and O–H groups in total. The van der Waals surface area contributed by atoms with Gasteiger partial charge in [-0.2, -0.15) is 0 Å². The summed E-state index contributed by atoms with van der Waals surface area (Å²) in [5.41, 5.74) is 3.86. The smallest absolute Gasteiger partial charge is 0.251 e. The third-order valence-electron chi connectivity index (χ3n) is 8.58. The summed E-state index contributed by atoms with van der Waals surface area (Å²) in [6, 6.07) is 13.7. The van der Waals surface area contributed by atoms with E-state index in [1.165, 1.54) is 44.1 Å². The van der Waals surface area contributed by atoms with Gasteiger partial charge in [0.05, 0.1) is 13.2 Å². The quantitative estimate of drug-likeness (QED) is 0.355. The van der Waals surface area contributed by atoms with Crippen molar-refractivity contribution in [2.45, 2.75) is 45.1 Å². The lowest BCUT2D eigenvalue weighted by Crippen LogP contribution is -2.38. The highest BCUT2D eigenvalue weighted by Gasteiger charge is 2.17. The van der Waals surface area contributed by atoms with E-state index in [-0.39, 0.29) is 11.8 Å². The highest BCUT2D eigenvalue weighted by atomic mass is 16.5. The van der Waals surface area contributed by atoms with E-state index in [9.17, 15) is 9.59 Å². The molecule has 2 aromatic rings. The number of anilines is 2. The number of morpholine rings is 1. The molecule has 2 aromatic carbocycles. The second-order valence-electron chi connectivity index (χ2n) is 11.8. The highest BCUT2D eigenvalue weighted by Crippen LogP contribution is 2.25. The van der Waals surface area contributed by atoms with Crippen LogP contribution >= 0.6 is 0 Å². The predicted molar refractivity (Wildman–Crippen MR) is 168 cm³/mol. The summed E-state index contributed by atoms with van der Waals surface area (Å²) in [6.07, 6.45) is 7.49. The monoisotopic (exact) mass is 576 g/mol. The van der Waals surface area contributed by atoms with Gasteiger partial charge in [0.15, 0.2) is 0 Å². The second-order valence-corrected chi connectivity index (χ2v) is 11.8. The molecular formula is C33H48N6O3. The van der Waals surface area contributed by atoms with Crippen LogP contribution in [-0.2, 0) is 11.3 Å². The van der Waals surface area contributed by atoms with Crippen LogP contribution in [0.1, 0.15) is 64.8 Å². The van der Waals surface area contributed by atoms with E-state index in [0.29, 0.717) is 24.2 Å². The number of amides is 2.